The highest BCUT2D eigenvalue weighted by Gasteiger charge is 2.15. The first-order valence-electron chi connectivity index (χ1n) is 3.30. The number of ether oxygens (including phenoxy) is 1. The normalized spacial score (nSPS) is 9.31. The molecule has 0 fully saturated rings. The van der Waals surface area contributed by atoms with Gasteiger partial charge in [0.1, 0.15) is 6.20 Å². The van der Waals surface area contributed by atoms with E-state index in [9.17, 15) is 14.9 Å². The van der Waals surface area contributed by atoms with Gasteiger partial charge in [0.15, 0.2) is 0 Å². The molecule has 0 atom stereocenters. The van der Waals surface area contributed by atoms with E-state index in [1.165, 1.54) is 0 Å². The topological polar surface area (TPSA) is 82.3 Å². The lowest BCUT2D eigenvalue weighted by molar-refractivity contribution is -0.386. The van der Waals surface area contributed by atoms with Crippen molar-refractivity contribution in [2.24, 2.45) is 0 Å². The average molecular weight is 181 g/mol. The van der Waals surface area contributed by atoms with Crippen LogP contribution in [0, 0.1) is 16.3 Å². The van der Waals surface area contributed by atoms with Crippen LogP contribution in [0.3, 0.4) is 0 Å². The number of carbonyl (C=O) groups excluding carboxylic acids is 1. The van der Waals surface area contributed by atoms with Gasteiger partial charge in [0.05, 0.1) is 11.1 Å². The van der Waals surface area contributed by atoms with Crippen LogP contribution in [-0.2, 0) is 4.79 Å². The molecule has 0 spiro atoms. The zero-order valence-corrected chi connectivity index (χ0v) is 6.68. The molecule has 1 heterocycles. The Hall–Kier alpha value is -1.98. The van der Waals surface area contributed by atoms with Crippen LogP contribution in [0.1, 0.15) is 6.92 Å². The summed E-state index contributed by atoms with van der Waals surface area (Å²) in [6.07, 6.45) is 3.30. The summed E-state index contributed by atoms with van der Waals surface area (Å²) in [5.41, 5.74) is -0.353. The molecular weight excluding hydrogens is 176 g/mol. The Balaban J connectivity index is 3.04. The van der Waals surface area contributed by atoms with Crippen LogP contribution < -0.4 is 4.74 Å². The molecule has 0 aliphatic heterocycles. The highest BCUT2D eigenvalue weighted by Crippen LogP contribution is 2.24. The predicted molar refractivity (Wildman–Crippen MR) is 41.0 cm³/mol. The first-order valence-corrected chi connectivity index (χ1v) is 3.30. The van der Waals surface area contributed by atoms with E-state index in [1.807, 2.05) is 0 Å². The van der Waals surface area contributed by atoms with Gasteiger partial charge in [0, 0.05) is 13.0 Å². The van der Waals surface area contributed by atoms with E-state index in [1.54, 1.807) is 0 Å². The molecule has 0 bridgehead atoms. The Morgan fingerprint density at radius 2 is 2.46 bits per heavy atom. The van der Waals surface area contributed by atoms with Crippen LogP contribution in [0.15, 0.2) is 12.3 Å². The van der Waals surface area contributed by atoms with Crippen molar-refractivity contribution >= 4 is 11.7 Å². The number of nitrogens with zero attached hydrogens (tertiary/aromatic N) is 2. The highest BCUT2D eigenvalue weighted by atomic mass is 16.6. The molecule has 0 aromatic carbocycles. The van der Waals surface area contributed by atoms with Crippen molar-refractivity contribution in [2.75, 3.05) is 0 Å². The van der Waals surface area contributed by atoms with Gasteiger partial charge < -0.3 is 4.74 Å². The molecule has 1 radical (unpaired) electrons. The molecule has 6 heteroatoms. The Labute approximate surface area is 73.3 Å². The molecule has 1 aromatic rings. The van der Waals surface area contributed by atoms with Gasteiger partial charge in [0.2, 0.25) is 5.75 Å². The standard InChI is InChI=1S/C7H5N2O4/c1-5(10)13-7-2-3-8-4-6(7)9(11)12/h2,4H,1H3. The van der Waals surface area contributed by atoms with Gasteiger partial charge in [-0.3, -0.25) is 14.9 Å². The third-order valence-corrected chi connectivity index (χ3v) is 1.16. The zero-order valence-electron chi connectivity index (χ0n) is 6.68. The van der Waals surface area contributed by atoms with Crippen LogP contribution in [0.4, 0.5) is 5.69 Å². The van der Waals surface area contributed by atoms with Crippen LogP contribution in [-0.4, -0.2) is 15.9 Å². The fraction of sp³-hybridized carbons (Fsp3) is 0.143. The summed E-state index contributed by atoms with van der Waals surface area (Å²) in [7, 11) is 0. The summed E-state index contributed by atoms with van der Waals surface area (Å²) in [5.74, 6) is -0.768. The number of hydrogen-bond acceptors (Lipinski definition) is 5. The van der Waals surface area contributed by atoms with Crippen LogP contribution >= 0.6 is 0 Å². The number of rotatable bonds is 2. The van der Waals surface area contributed by atoms with Crippen molar-refractivity contribution in [1.82, 2.24) is 4.98 Å². The number of carbonyl (C=O) groups is 1. The van der Waals surface area contributed by atoms with Crippen LogP contribution in [0.5, 0.6) is 5.75 Å². The molecule has 0 unspecified atom stereocenters. The molecule has 13 heavy (non-hydrogen) atoms. The minimum Gasteiger partial charge on any atom is -0.419 e. The molecule has 1 aromatic heterocycles. The van der Waals surface area contributed by atoms with Gasteiger partial charge in [-0.1, -0.05) is 0 Å². The maximum Gasteiger partial charge on any atom is 0.329 e. The van der Waals surface area contributed by atoms with E-state index in [4.69, 9.17) is 0 Å². The third kappa shape index (κ3) is 2.22. The smallest absolute Gasteiger partial charge is 0.329 e. The average Bonchev–Trinajstić information content (AvgIpc) is 2.03. The van der Waals surface area contributed by atoms with Gasteiger partial charge in [-0.2, -0.15) is 0 Å². The molecule has 0 aliphatic rings. The maximum atomic E-state index is 10.5. The lowest BCUT2D eigenvalue weighted by atomic mass is 10.4. The fourth-order valence-corrected chi connectivity index (χ4v) is 0.706. The summed E-state index contributed by atoms with van der Waals surface area (Å²) in [6, 6.07) is 1.14. The van der Waals surface area contributed by atoms with Crippen LogP contribution in [0.25, 0.3) is 0 Å². The Kier molecular flexibility index (Phi) is 2.53. The van der Waals surface area contributed by atoms with Crippen LogP contribution in [0.2, 0.25) is 0 Å². The Morgan fingerprint density at radius 1 is 1.77 bits per heavy atom. The summed E-state index contributed by atoms with van der Waals surface area (Å²) in [6.45, 7) is 1.16. The van der Waals surface area contributed by atoms with Gasteiger partial charge in [0.25, 0.3) is 0 Å². The summed E-state index contributed by atoms with van der Waals surface area (Å²) >= 11 is 0. The molecule has 6 nitrogen and oxygen atoms in total. The minimum atomic E-state index is -0.681. The lowest BCUT2D eigenvalue weighted by Gasteiger charge is -1.99. The molecule has 0 saturated heterocycles. The Bertz CT molecular complexity index is 350. The van der Waals surface area contributed by atoms with E-state index in [0.29, 0.717) is 0 Å². The van der Waals surface area contributed by atoms with Gasteiger partial charge in [-0.25, -0.2) is 4.98 Å². The van der Waals surface area contributed by atoms with E-state index in [-0.39, 0.29) is 11.4 Å². The van der Waals surface area contributed by atoms with Gasteiger partial charge >= 0.3 is 11.7 Å². The summed E-state index contributed by atoms with van der Waals surface area (Å²) < 4.78 is 4.55. The minimum absolute atomic E-state index is 0.146. The van der Waals surface area contributed by atoms with E-state index >= 15 is 0 Å². The number of esters is 1. The maximum absolute atomic E-state index is 10.5. The molecule has 0 aliphatic carbocycles. The van der Waals surface area contributed by atoms with Crippen molar-refractivity contribution in [3.05, 3.63) is 28.6 Å². The van der Waals surface area contributed by atoms with Gasteiger partial charge in [-0.05, 0) is 0 Å². The molecule has 0 N–H and O–H groups in total. The molecule has 0 saturated carbocycles. The largest absolute Gasteiger partial charge is 0.419 e. The SMILES string of the molecule is CC(=O)Oc1c[c]ncc1[N+](=O)[O-]. The first-order chi connectivity index (χ1) is 6.11. The zero-order chi connectivity index (χ0) is 9.84. The fourth-order valence-electron chi connectivity index (χ4n) is 0.706. The lowest BCUT2D eigenvalue weighted by Crippen LogP contribution is -2.04. The second-order valence-electron chi connectivity index (χ2n) is 2.13. The second-order valence-corrected chi connectivity index (χ2v) is 2.13. The van der Waals surface area contributed by atoms with Crippen molar-refractivity contribution in [3.63, 3.8) is 0 Å². The third-order valence-electron chi connectivity index (χ3n) is 1.16. The number of aromatic nitrogens is 1. The quantitative estimate of drug-likeness (QED) is 0.381. The van der Waals surface area contributed by atoms with Crippen molar-refractivity contribution in [2.45, 2.75) is 6.92 Å². The van der Waals surface area contributed by atoms with E-state index in [2.05, 4.69) is 15.9 Å². The van der Waals surface area contributed by atoms with E-state index < -0.39 is 10.9 Å². The summed E-state index contributed by atoms with van der Waals surface area (Å²) in [4.78, 5) is 23.6. The number of pyridine rings is 1. The predicted octanol–water partition coefficient (Wildman–Crippen LogP) is 0.715. The first kappa shape index (κ1) is 9.11. The monoisotopic (exact) mass is 181 g/mol. The number of hydrogen-bond donors (Lipinski definition) is 0. The highest BCUT2D eigenvalue weighted by molar-refractivity contribution is 5.70. The summed E-state index contributed by atoms with van der Waals surface area (Å²) in [5, 5.41) is 10.4. The molecule has 0 amide bonds. The molecule has 67 valence electrons. The van der Waals surface area contributed by atoms with Crippen molar-refractivity contribution in [1.29, 1.82) is 0 Å². The van der Waals surface area contributed by atoms with E-state index in [0.717, 1.165) is 19.2 Å². The van der Waals surface area contributed by atoms with Gasteiger partial charge in [-0.15, -0.1) is 0 Å². The number of nitro groups is 1. The molecule has 1 rings (SSSR count). The second kappa shape index (κ2) is 3.61. The Morgan fingerprint density at radius 3 is 3.00 bits per heavy atom. The molecular formula is C7H5N2O4. The van der Waals surface area contributed by atoms with Crippen molar-refractivity contribution in [3.8, 4) is 5.75 Å². The van der Waals surface area contributed by atoms with Crippen molar-refractivity contribution < 1.29 is 14.5 Å².